The number of aliphatic hydroxyl groups excluding tert-OH is 1. The fraction of sp³-hybridized carbons (Fsp3) is 0.269. The van der Waals surface area contributed by atoms with Crippen LogP contribution >= 0.6 is 0 Å². The van der Waals surface area contributed by atoms with Gasteiger partial charge in [-0.2, -0.15) is 0 Å². The van der Waals surface area contributed by atoms with Crippen molar-refractivity contribution < 1.29 is 18.0 Å². The quantitative estimate of drug-likeness (QED) is 0.358. The normalized spacial score (nSPS) is 12.7. The molecule has 2 aromatic heterocycles. The lowest BCUT2D eigenvalue weighted by Crippen LogP contribution is -2.23. The van der Waals surface area contributed by atoms with Crippen LogP contribution in [0, 0.1) is 0 Å². The molecule has 0 fully saturated rings. The monoisotopic (exact) mass is 492 g/mol. The Balaban J connectivity index is 1.51. The van der Waals surface area contributed by atoms with Gasteiger partial charge in [0.2, 0.25) is 0 Å². The Hall–Kier alpha value is -3.40. The van der Waals surface area contributed by atoms with Crippen molar-refractivity contribution in [2.75, 3.05) is 6.54 Å². The molecule has 1 atom stereocenters. The summed E-state index contributed by atoms with van der Waals surface area (Å²) in [5.41, 5.74) is 4.57. The lowest BCUT2D eigenvalue weighted by Gasteiger charge is -2.08. The average Bonchev–Trinajstić information content (AvgIpc) is 3.35. The number of nitrogens with zero attached hydrogens (tertiary/aromatic N) is 3. The molecule has 1 unspecified atom stereocenters. The molecule has 2 heterocycles. The van der Waals surface area contributed by atoms with Gasteiger partial charge in [0, 0.05) is 30.3 Å². The molecule has 2 N–H and O–H groups in total. The Bertz CT molecular complexity index is 1380. The molecule has 4 aromatic rings. The Morgan fingerprint density at radius 1 is 0.914 bits per heavy atom. The SMILES string of the molecule is CC(O)CNCc1ccc(-c2cc(-c3cncc(-c4ccc(S(=O)(=O)C(C)C)cc4)n3)on2)cc1. The number of rotatable bonds is 9. The predicted octanol–water partition coefficient (Wildman–Crippen LogP) is 4.12. The minimum atomic E-state index is -3.33. The highest BCUT2D eigenvalue weighted by Gasteiger charge is 2.19. The molecule has 0 spiro atoms. The first-order valence-electron chi connectivity index (χ1n) is 11.4. The van der Waals surface area contributed by atoms with E-state index in [4.69, 9.17) is 4.52 Å². The van der Waals surface area contributed by atoms with Crippen molar-refractivity contribution in [2.24, 2.45) is 0 Å². The highest BCUT2D eigenvalue weighted by Crippen LogP contribution is 2.27. The molecule has 182 valence electrons. The van der Waals surface area contributed by atoms with Crippen LogP contribution in [0.25, 0.3) is 34.0 Å². The minimum absolute atomic E-state index is 0.282. The van der Waals surface area contributed by atoms with Gasteiger partial charge in [0.05, 0.1) is 34.3 Å². The lowest BCUT2D eigenvalue weighted by atomic mass is 10.1. The van der Waals surface area contributed by atoms with E-state index in [2.05, 4.69) is 20.4 Å². The smallest absolute Gasteiger partial charge is 0.187 e. The van der Waals surface area contributed by atoms with E-state index in [9.17, 15) is 13.5 Å². The first-order valence-corrected chi connectivity index (χ1v) is 12.9. The molecule has 0 bridgehead atoms. The maximum atomic E-state index is 12.4. The lowest BCUT2D eigenvalue weighted by molar-refractivity contribution is 0.191. The molecule has 2 aromatic carbocycles. The molecular weight excluding hydrogens is 464 g/mol. The second-order valence-corrected chi connectivity index (χ2v) is 11.2. The average molecular weight is 493 g/mol. The Kier molecular flexibility index (Phi) is 7.39. The van der Waals surface area contributed by atoms with Gasteiger partial charge in [0.25, 0.3) is 0 Å². The zero-order valence-electron chi connectivity index (χ0n) is 19.8. The molecule has 0 saturated carbocycles. The van der Waals surface area contributed by atoms with E-state index in [1.165, 1.54) is 0 Å². The summed E-state index contributed by atoms with van der Waals surface area (Å²) in [4.78, 5) is 9.20. The van der Waals surface area contributed by atoms with E-state index in [0.29, 0.717) is 35.9 Å². The summed E-state index contributed by atoms with van der Waals surface area (Å²) in [6.45, 7) is 6.27. The van der Waals surface area contributed by atoms with Gasteiger partial charge >= 0.3 is 0 Å². The maximum absolute atomic E-state index is 12.4. The summed E-state index contributed by atoms with van der Waals surface area (Å²) in [6, 6.07) is 16.4. The zero-order chi connectivity index (χ0) is 25.0. The predicted molar refractivity (Wildman–Crippen MR) is 134 cm³/mol. The van der Waals surface area contributed by atoms with Gasteiger partial charge in [-0.25, -0.2) is 13.4 Å². The van der Waals surface area contributed by atoms with Gasteiger partial charge in [-0.3, -0.25) is 4.98 Å². The van der Waals surface area contributed by atoms with Crippen molar-refractivity contribution >= 4 is 9.84 Å². The van der Waals surface area contributed by atoms with Gasteiger partial charge in [-0.05, 0) is 38.5 Å². The highest BCUT2D eigenvalue weighted by atomic mass is 32.2. The Labute approximate surface area is 205 Å². The van der Waals surface area contributed by atoms with Gasteiger partial charge in [0.15, 0.2) is 15.6 Å². The van der Waals surface area contributed by atoms with Crippen LogP contribution in [-0.4, -0.2) is 46.5 Å². The van der Waals surface area contributed by atoms with E-state index in [1.54, 1.807) is 57.4 Å². The fourth-order valence-electron chi connectivity index (χ4n) is 3.46. The Morgan fingerprint density at radius 2 is 1.54 bits per heavy atom. The third-order valence-electron chi connectivity index (χ3n) is 5.51. The third kappa shape index (κ3) is 5.82. The van der Waals surface area contributed by atoms with Crippen LogP contribution in [0.4, 0.5) is 0 Å². The standard InChI is InChI=1S/C26H28N4O4S/c1-17(2)35(32,33)22-10-8-21(9-11-22)24-15-28-16-25(29-24)26-12-23(30-34-26)20-6-4-19(5-7-20)14-27-13-18(3)31/h4-12,15-18,27,31H,13-14H2,1-3H3. The number of benzene rings is 2. The number of hydrogen-bond donors (Lipinski definition) is 2. The molecule has 0 saturated heterocycles. The van der Waals surface area contributed by atoms with Crippen LogP contribution in [0.3, 0.4) is 0 Å². The minimum Gasteiger partial charge on any atom is -0.392 e. The van der Waals surface area contributed by atoms with E-state index in [1.807, 2.05) is 30.3 Å². The van der Waals surface area contributed by atoms with Crippen LogP contribution in [0.15, 0.2) is 76.4 Å². The molecule has 4 rings (SSSR count). The summed E-state index contributed by atoms with van der Waals surface area (Å²) < 4.78 is 30.3. The number of nitrogens with one attached hydrogen (secondary N) is 1. The molecular formula is C26H28N4O4S. The van der Waals surface area contributed by atoms with Gasteiger partial charge in [-0.15, -0.1) is 0 Å². The Morgan fingerprint density at radius 3 is 2.20 bits per heavy atom. The van der Waals surface area contributed by atoms with Crippen LogP contribution in [0.5, 0.6) is 0 Å². The van der Waals surface area contributed by atoms with Gasteiger partial charge in [0.1, 0.15) is 11.4 Å². The zero-order valence-corrected chi connectivity index (χ0v) is 20.7. The van der Waals surface area contributed by atoms with Crippen LogP contribution in [0.1, 0.15) is 26.3 Å². The molecule has 9 heteroatoms. The molecule has 0 aliphatic heterocycles. The van der Waals surface area contributed by atoms with Crippen molar-refractivity contribution in [2.45, 2.75) is 43.6 Å². The maximum Gasteiger partial charge on any atom is 0.187 e. The molecule has 0 aliphatic rings. The summed E-state index contributed by atoms with van der Waals surface area (Å²) in [5, 5.41) is 16.2. The van der Waals surface area contributed by atoms with E-state index < -0.39 is 15.1 Å². The summed E-state index contributed by atoms with van der Waals surface area (Å²) >= 11 is 0. The second kappa shape index (κ2) is 10.5. The summed E-state index contributed by atoms with van der Waals surface area (Å²) in [7, 11) is -3.33. The second-order valence-electron chi connectivity index (χ2n) is 8.66. The highest BCUT2D eigenvalue weighted by molar-refractivity contribution is 7.92. The van der Waals surface area contributed by atoms with Crippen LogP contribution < -0.4 is 5.32 Å². The summed E-state index contributed by atoms with van der Waals surface area (Å²) in [5.74, 6) is 0.482. The summed E-state index contributed by atoms with van der Waals surface area (Å²) in [6.07, 6.45) is 2.84. The van der Waals surface area contributed by atoms with Crippen LogP contribution in [0.2, 0.25) is 0 Å². The van der Waals surface area contributed by atoms with E-state index >= 15 is 0 Å². The first kappa shape index (κ1) is 24.7. The van der Waals surface area contributed by atoms with Crippen molar-refractivity contribution in [1.29, 1.82) is 0 Å². The molecule has 0 amide bonds. The van der Waals surface area contributed by atoms with Crippen molar-refractivity contribution in [3.63, 3.8) is 0 Å². The van der Waals surface area contributed by atoms with Gasteiger partial charge in [-0.1, -0.05) is 41.6 Å². The molecule has 0 aliphatic carbocycles. The number of sulfone groups is 1. The fourth-order valence-corrected chi connectivity index (χ4v) is 4.52. The topological polar surface area (TPSA) is 118 Å². The molecule has 0 radical (unpaired) electrons. The number of hydrogen-bond acceptors (Lipinski definition) is 8. The van der Waals surface area contributed by atoms with Crippen molar-refractivity contribution in [1.82, 2.24) is 20.4 Å². The van der Waals surface area contributed by atoms with Gasteiger partial charge < -0.3 is 14.9 Å². The molecule has 8 nitrogen and oxygen atoms in total. The third-order valence-corrected chi connectivity index (χ3v) is 7.69. The number of aromatic nitrogens is 3. The van der Waals surface area contributed by atoms with Crippen molar-refractivity contribution in [3.05, 3.63) is 72.6 Å². The van der Waals surface area contributed by atoms with E-state index in [0.717, 1.165) is 16.7 Å². The molecule has 35 heavy (non-hydrogen) atoms. The largest absolute Gasteiger partial charge is 0.392 e. The van der Waals surface area contributed by atoms with Crippen LogP contribution in [-0.2, 0) is 16.4 Å². The first-order chi connectivity index (χ1) is 16.7. The number of aliphatic hydroxyl groups is 1. The van der Waals surface area contributed by atoms with E-state index in [-0.39, 0.29) is 11.0 Å². The van der Waals surface area contributed by atoms with Crippen molar-refractivity contribution in [3.8, 4) is 34.0 Å².